The molecule has 146 valence electrons. The van der Waals surface area contributed by atoms with Gasteiger partial charge in [0.1, 0.15) is 5.82 Å². The van der Waals surface area contributed by atoms with Crippen molar-refractivity contribution in [3.63, 3.8) is 0 Å². The van der Waals surface area contributed by atoms with Gasteiger partial charge in [-0.2, -0.15) is 0 Å². The number of esters is 1. The molecule has 0 aliphatic heterocycles. The Hall–Kier alpha value is -4.00. The molecule has 0 unspecified atom stereocenters. The summed E-state index contributed by atoms with van der Waals surface area (Å²) in [5.41, 5.74) is 2.51. The molecule has 0 bridgehead atoms. The van der Waals surface area contributed by atoms with Gasteiger partial charge < -0.3 is 15.4 Å². The van der Waals surface area contributed by atoms with Crippen LogP contribution in [0.1, 0.15) is 38.0 Å². The first-order valence-electron chi connectivity index (χ1n) is 8.80. The van der Waals surface area contributed by atoms with E-state index in [-0.39, 0.29) is 11.7 Å². The van der Waals surface area contributed by atoms with Crippen molar-refractivity contribution in [2.75, 3.05) is 17.7 Å². The predicted molar refractivity (Wildman–Crippen MR) is 110 cm³/mol. The Morgan fingerprint density at radius 3 is 2.21 bits per heavy atom. The Balaban J connectivity index is 1.68. The summed E-state index contributed by atoms with van der Waals surface area (Å²) < 4.78 is 4.71. The number of amides is 1. The van der Waals surface area contributed by atoms with E-state index in [9.17, 15) is 14.4 Å². The molecule has 1 heterocycles. The van der Waals surface area contributed by atoms with Crippen molar-refractivity contribution in [2.24, 2.45) is 0 Å². The molecule has 0 atom stereocenters. The number of nitrogens with zero attached hydrogens (tertiary/aromatic N) is 1. The van der Waals surface area contributed by atoms with Crippen molar-refractivity contribution in [3.05, 3.63) is 83.6 Å². The number of aromatic nitrogens is 1. The molecule has 0 fully saturated rings. The van der Waals surface area contributed by atoms with Gasteiger partial charge in [0.25, 0.3) is 5.91 Å². The zero-order valence-electron chi connectivity index (χ0n) is 15.9. The van der Waals surface area contributed by atoms with Crippen molar-refractivity contribution < 1.29 is 19.1 Å². The van der Waals surface area contributed by atoms with Crippen LogP contribution in [0.25, 0.3) is 0 Å². The molecule has 0 aliphatic rings. The van der Waals surface area contributed by atoms with Crippen LogP contribution in [0, 0.1) is 0 Å². The van der Waals surface area contributed by atoms with E-state index in [1.807, 2.05) is 0 Å². The number of methoxy groups -OCH3 is 1. The lowest BCUT2D eigenvalue weighted by Crippen LogP contribution is -2.12. The minimum absolute atomic E-state index is 0.0746. The summed E-state index contributed by atoms with van der Waals surface area (Å²) in [6.07, 6.45) is 1.44. The number of rotatable bonds is 6. The fraction of sp³-hybridized carbons (Fsp3) is 0.0909. The molecule has 0 saturated heterocycles. The van der Waals surface area contributed by atoms with Gasteiger partial charge in [-0.05, 0) is 49.4 Å². The Kier molecular flexibility index (Phi) is 5.99. The smallest absolute Gasteiger partial charge is 0.337 e. The van der Waals surface area contributed by atoms with Crippen molar-refractivity contribution in [1.82, 2.24) is 4.98 Å². The van der Waals surface area contributed by atoms with E-state index in [0.29, 0.717) is 33.9 Å². The Morgan fingerprint density at radius 2 is 1.55 bits per heavy atom. The molecule has 1 aromatic heterocycles. The Bertz CT molecular complexity index is 1060. The van der Waals surface area contributed by atoms with Crippen molar-refractivity contribution in [1.29, 1.82) is 0 Å². The van der Waals surface area contributed by atoms with Gasteiger partial charge >= 0.3 is 5.97 Å². The van der Waals surface area contributed by atoms with Crippen LogP contribution in [0.4, 0.5) is 17.2 Å². The average molecular weight is 389 g/mol. The zero-order chi connectivity index (χ0) is 20.8. The van der Waals surface area contributed by atoms with Gasteiger partial charge in [0, 0.05) is 23.1 Å². The highest BCUT2D eigenvalue weighted by molar-refractivity contribution is 6.05. The number of hydrogen-bond donors (Lipinski definition) is 2. The standard InChI is InChI=1S/C22H19N3O4/c1-14(26)15-5-3-8-19(11-15)25-21(27)17-9-10-20(23-13-17)24-18-7-4-6-16(12-18)22(28)29-2/h3-13H,1-2H3,(H,23,24)(H,25,27). The summed E-state index contributed by atoms with van der Waals surface area (Å²) in [6, 6.07) is 16.8. The van der Waals surface area contributed by atoms with Gasteiger partial charge in [-0.15, -0.1) is 0 Å². The largest absolute Gasteiger partial charge is 0.465 e. The number of hydrogen-bond acceptors (Lipinski definition) is 6. The fourth-order valence-corrected chi connectivity index (χ4v) is 2.61. The number of ether oxygens (including phenoxy) is 1. The second-order valence-electron chi connectivity index (χ2n) is 6.22. The number of carbonyl (C=O) groups excluding carboxylic acids is 3. The van der Waals surface area contributed by atoms with Crippen LogP contribution < -0.4 is 10.6 Å². The molecule has 1 amide bonds. The summed E-state index contributed by atoms with van der Waals surface area (Å²) in [4.78, 5) is 39.7. The highest BCUT2D eigenvalue weighted by Crippen LogP contribution is 2.18. The van der Waals surface area contributed by atoms with Crippen molar-refractivity contribution >= 4 is 34.9 Å². The highest BCUT2D eigenvalue weighted by Gasteiger charge is 2.09. The third-order valence-corrected chi connectivity index (χ3v) is 4.11. The van der Waals surface area contributed by atoms with Gasteiger partial charge in [0.2, 0.25) is 0 Å². The van der Waals surface area contributed by atoms with Crippen LogP contribution in [0.5, 0.6) is 0 Å². The van der Waals surface area contributed by atoms with E-state index < -0.39 is 5.97 Å². The number of carbonyl (C=O) groups is 3. The molecule has 2 aromatic carbocycles. The summed E-state index contributed by atoms with van der Waals surface area (Å²) in [5, 5.41) is 5.82. The van der Waals surface area contributed by atoms with Gasteiger partial charge in [-0.25, -0.2) is 9.78 Å². The van der Waals surface area contributed by atoms with E-state index in [4.69, 9.17) is 4.74 Å². The molecule has 7 nitrogen and oxygen atoms in total. The summed E-state index contributed by atoms with van der Waals surface area (Å²) in [6.45, 7) is 1.47. The van der Waals surface area contributed by atoms with Crippen LogP contribution in [0.15, 0.2) is 66.9 Å². The number of benzene rings is 2. The number of nitrogens with one attached hydrogen (secondary N) is 2. The molecule has 2 N–H and O–H groups in total. The minimum Gasteiger partial charge on any atom is -0.465 e. The Labute approximate surface area is 167 Å². The third kappa shape index (κ3) is 5.04. The van der Waals surface area contributed by atoms with E-state index in [1.54, 1.807) is 60.7 Å². The Morgan fingerprint density at radius 1 is 0.862 bits per heavy atom. The second kappa shape index (κ2) is 8.79. The maximum atomic E-state index is 12.4. The van der Waals surface area contributed by atoms with E-state index >= 15 is 0 Å². The number of pyridine rings is 1. The van der Waals surface area contributed by atoms with Crippen LogP contribution in [0.2, 0.25) is 0 Å². The van der Waals surface area contributed by atoms with E-state index in [1.165, 1.54) is 20.2 Å². The van der Waals surface area contributed by atoms with Crippen LogP contribution in [-0.4, -0.2) is 29.8 Å². The number of Topliss-reactive ketones (excluding diaryl/α,β-unsaturated/α-hetero) is 1. The maximum absolute atomic E-state index is 12.4. The first-order valence-corrected chi connectivity index (χ1v) is 8.80. The SMILES string of the molecule is COC(=O)c1cccc(Nc2ccc(C(=O)Nc3cccc(C(C)=O)c3)cn2)c1. The van der Waals surface area contributed by atoms with E-state index in [0.717, 1.165) is 0 Å². The van der Waals surface area contributed by atoms with Crippen molar-refractivity contribution in [2.45, 2.75) is 6.92 Å². The van der Waals surface area contributed by atoms with Crippen LogP contribution in [-0.2, 0) is 4.74 Å². The molecule has 3 rings (SSSR count). The first kappa shape index (κ1) is 19.8. The van der Waals surface area contributed by atoms with Gasteiger partial charge in [-0.1, -0.05) is 18.2 Å². The van der Waals surface area contributed by atoms with Crippen molar-refractivity contribution in [3.8, 4) is 0 Å². The average Bonchev–Trinajstić information content (AvgIpc) is 2.74. The second-order valence-corrected chi connectivity index (χ2v) is 6.22. The van der Waals surface area contributed by atoms with Crippen LogP contribution >= 0.6 is 0 Å². The van der Waals surface area contributed by atoms with E-state index in [2.05, 4.69) is 15.6 Å². The molecule has 0 aliphatic carbocycles. The molecule has 0 radical (unpaired) electrons. The first-order chi connectivity index (χ1) is 14.0. The minimum atomic E-state index is -0.428. The summed E-state index contributed by atoms with van der Waals surface area (Å²) in [5.74, 6) is -0.323. The number of anilines is 3. The normalized spacial score (nSPS) is 10.1. The highest BCUT2D eigenvalue weighted by atomic mass is 16.5. The lowest BCUT2D eigenvalue weighted by atomic mass is 10.1. The summed E-state index contributed by atoms with van der Waals surface area (Å²) >= 11 is 0. The molecule has 7 heteroatoms. The fourth-order valence-electron chi connectivity index (χ4n) is 2.61. The lowest BCUT2D eigenvalue weighted by molar-refractivity contribution is 0.0600. The molecule has 0 spiro atoms. The predicted octanol–water partition coefficient (Wildman–Crippen LogP) is 4.07. The molecule has 3 aromatic rings. The zero-order valence-corrected chi connectivity index (χ0v) is 15.9. The molecular weight excluding hydrogens is 370 g/mol. The third-order valence-electron chi connectivity index (χ3n) is 4.11. The van der Waals surface area contributed by atoms with Gasteiger partial charge in [-0.3, -0.25) is 9.59 Å². The quantitative estimate of drug-likeness (QED) is 0.487. The number of ketones is 1. The molecule has 0 saturated carbocycles. The van der Waals surface area contributed by atoms with Gasteiger partial charge in [0.15, 0.2) is 5.78 Å². The monoisotopic (exact) mass is 389 g/mol. The van der Waals surface area contributed by atoms with Gasteiger partial charge in [0.05, 0.1) is 18.2 Å². The molecule has 29 heavy (non-hydrogen) atoms. The molecular formula is C22H19N3O4. The topological polar surface area (TPSA) is 97.4 Å². The lowest BCUT2D eigenvalue weighted by Gasteiger charge is -2.09. The maximum Gasteiger partial charge on any atom is 0.337 e. The van der Waals surface area contributed by atoms with Crippen LogP contribution in [0.3, 0.4) is 0 Å². The summed E-state index contributed by atoms with van der Waals surface area (Å²) in [7, 11) is 1.32.